The van der Waals surface area contributed by atoms with Gasteiger partial charge in [-0.2, -0.15) is 8.42 Å². The fraction of sp³-hybridized carbons (Fsp3) is 0.143. The van der Waals surface area contributed by atoms with E-state index in [-0.39, 0.29) is 11.9 Å². The minimum atomic E-state index is -3.88. The van der Waals surface area contributed by atoms with Gasteiger partial charge in [0.1, 0.15) is 5.75 Å². The van der Waals surface area contributed by atoms with Gasteiger partial charge in [-0.25, -0.2) is 0 Å². The Morgan fingerprint density at radius 2 is 1.67 bits per heavy atom. The fourth-order valence-corrected chi connectivity index (χ4v) is 1.40. The maximum Gasteiger partial charge on any atom is 0.269 e. The highest BCUT2D eigenvalue weighted by Crippen LogP contribution is 2.02. The van der Waals surface area contributed by atoms with Crippen molar-refractivity contribution in [2.24, 2.45) is 0 Å². The van der Waals surface area contributed by atoms with E-state index in [0.29, 0.717) is 5.56 Å². The number of hydrogen-bond acceptors (Lipinski definition) is 3. The number of benzene rings is 1. The van der Waals surface area contributed by atoms with Crippen molar-refractivity contribution in [3.8, 4) is 0 Å². The van der Waals surface area contributed by atoms with E-state index in [1.54, 1.807) is 30.3 Å². The van der Waals surface area contributed by atoms with Gasteiger partial charge in [0.05, 0.1) is 0 Å². The topological polar surface area (TPSA) is 89.4 Å². The highest BCUT2D eigenvalue weighted by atomic mass is 32.2. The first kappa shape index (κ1) is 11.1. The van der Waals surface area contributed by atoms with Crippen LogP contribution in [0.3, 0.4) is 0 Å². The van der Waals surface area contributed by atoms with E-state index in [4.69, 9.17) is 4.55 Å². The zero-order valence-corrected chi connectivity index (χ0v) is 7.29. The van der Waals surface area contributed by atoms with Crippen molar-refractivity contribution in [2.75, 3.05) is 0 Å². The third-order valence-corrected chi connectivity index (χ3v) is 1.89. The molecule has 4 N–H and O–H groups in total. The van der Waals surface area contributed by atoms with E-state index >= 15 is 0 Å². The van der Waals surface area contributed by atoms with Crippen LogP contribution in [0.1, 0.15) is 5.56 Å². The first-order chi connectivity index (χ1) is 5.08. The Labute approximate surface area is 71.6 Å². The molecule has 0 bridgehead atoms. The van der Waals surface area contributed by atoms with Crippen molar-refractivity contribution in [1.82, 2.24) is 6.15 Å². The molecule has 68 valence electrons. The van der Waals surface area contributed by atoms with Crippen molar-refractivity contribution >= 4 is 10.1 Å². The number of hydrogen-bond donors (Lipinski definition) is 2. The molecule has 0 fully saturated rings. The van der Waals surface area contributed by atoms with Gasteiger partial charge in [0.2, 0.25) is 0 Å². The van der Waals surface area contributed by atoms with Crippen molar-refractivity contribution in [1.29, 1.82) is 0 Å². The summed E-state index contributed by atoms with van der Waals surface area (Å²) in [4.78, 5) is 0. The zero-order valence-electron chi connectivity index (χ0n) is 6.47. The van der Waals surface area contributed by atoms with Crippen LogP contribution in [0.15, 0.2) is 30.3 Å². The molecule has 1 aromatic rings. The molecule has 0 spiro atoms. The SMILES string of the molecule is N.O=S(=O)(O)Cc1ccccc1. The lowest BCUT2D eigenvalue weighted by Gasteiger charge is -1.95. The lowest BCUT2D eigenvalue weighted by atomic mass is 10.2. The third-order valence-electron chi connectivity index (χ3n) is 1.19. The van der Waals surface area contributed by atoms with Gasteiger partial charge in [-0.1, -0.05) is 30.3 Å². The lowest BCUT2D eigenvalue weighted by Crippen LogP contribution is -2.00. The van der Waals surface area contributed by atoms with Crippen LogP contribution in [-0.2, 0) is 15.9 Å². The van der Waals surface area contributed by atoms with E-state index in [1.807, 2.05) is 0 Å². The second-order valence-corrected chi connectivity index (χ2v) is 3.66. The van der Waals surface area contributed by atoms with Crippen LogP contribution >= 0.6 is 0 Å². The van der Waals surface area contributed by atoms with Gasteiger partial charge in [0.25, 0.3) is 10.1 Å². The quantitative estimate of drug-likeness (QED) is 0.685. The summed E-state index contributed by atoms with van der Waals surface area (Å²) in [6.07, 6.45) is 0. The molecule has 5 heteroatoms. The molecule has 1 rings (SSSR count). The molecule has 12 heavy (non-hydrogen) atoms. The molecule has 0 unspecified atom stereocenters. The van der Waals surface area contributed by atoms with Crippen molar-refractivity contribution in [2.45, 2.75) is 5.75 Å². The molecule has 0 saturated heterocycles. The van der Waals surface area contributed by atoms with Gasteiger partial charge in [-0.05, 0) is 5.56 Å². The van der Waals surface area contributed by atoms with E-state index in [9.17, 15) is 8.42 Å². The number of rotatable bonds is 2. The van der Waals surface area contributed by atoms with Crippen LogP contribution in [0, 0.1) is 0 Å². The molecule has 4 nitrogen and oxygen atoms in total. The third kappa shape index (κ3) is 4.07. The van der Waals surface area contributed by atoms with Gasteiger partial charge in [-0.15, -0.1) is 0 Å². The Hall–Kier alpha value is -0.910. The molecule has 0 aromatic heterocycles. The van der Waals surface area contributed by atoms with Gasteiger partial charge >= 0.3 is 0 Å². The normalized spacial score (nSPS) is 10.4. The Morgan fingerprint density at radius 1 is 1.17 bits per heavy atom. The van der Waals surface area contributed by atoms with Gasteiger partial charge in [0.15, 0.2) is 0 Å². The summed E-state index contributed by atoms with van der Waals surface area (Å²) < 4.78 is 29.2. The summed E-state index contributed by atoms with van der Waals surface area (Å²) in [6.45, 7) is 0. The summed E-state index contributed by atoms with van der Waals surface area (Å²) in [6, 6.07) is 8.52. The van der Waals surface area contributed by atoms with Crippen molar-refractivity contribution in [3.05, 3.63) is 35.9 Å². The molecule has 0 aliphatic heterocycles. The van der Waals surface area contributed by atoms with Crippen LogP contribution in [-0.4, -0.2) is 13.0 Å². The van der Waals surface area contributed by atoms with Crippen LogP contribution in [0.2, 0.25) is 0 Å². The molecule has 0 radical (unpaired) electrons. The van der Waals surface area contributed by atoms with Crippen molar-refractivity contribution < 1.29 is 13.0 Å². The van der Waals surface area contributed by atoms with E-state index < -0.39 is 10.1 Å². The average molecular weight is 189 g/mol. The minimum Gasteiger partial charge on any atom is -0.344 e. The zero-order chi connectivity index (χ0) is 8.32. The predicted molar refractivity (Wildman–Crippen MR) is 46.7 cm³/mol. The van der Waals surface area contributed by atoms with Crippen LogP contribution in [0.25, 0.3) is 0 Å². The van der Waals surface area contributed by atoms with Crippen LogP contribution in [0.4, 0.5) is 0 Å². The smallest absolute Gasteiger partial charge is 0.269 e. The minimum absolute atomic E-state index is 0. The molecule has 0 aliphatic rings. The molecular formula is C7H11NO3S. The first-order valence-electron chi connectivity index (χ1n) is 3.07. The van der Waals surface area contributed by atoms with Gasteiger partial charge in [0, 0.05) is 0 Å². The highest BCUT2D eigenvalue weighted by molar-refractivity contribution is 7.85. The predicted octanol–water partition coefficient (Wildman–Crippen LogP) is 1.24. The molecule has 0 aliphatic carbocycles. The van der Waals surface area contributed by atoms with E-state index in [2.05, 4.69) is 0 Å². The standard InChI is InChI=1S/C7H8O3S.H3N/c8-11(9,10)6-7-4-2-1-3-5-7;/h1-5H,6H2,(H,8,9,10);1H3. The first-order valence-corrected chi connectivity index (χ1v) is 4.68. The maximum absolute atomic E-state index is 10.4. The summed E-state index contributed by atoms with van der Waals surface area (Å²) >= 11 is 0. The molecule has 1 aromatic carbocycles. The Kier molecular flexibility index (Phi) is 3.88. The summed E-state index contributed by atoms with van der Waals surface area (Å²) in [7, 11) is -3.88. The van der Waals surface area contributed by atoms with Crippen LogP contribution in [0.5, 0.6) is 0 Å². The Balaban J connectivity index is 0.00000121. The largest absolute Gasteiger partial charge is 0.344 e. The molecule has 0 heterocycles. The van der Waals surface area contributed by atoms with Gasteiger partial charge < -0.3 is 6.15 Å². The summed E-state index contributed by atoms with van der Waals surface area (Å²) in [5.41, 5.74) is 0.593. The van der Waals surface area contributed by atoms with Crippen molar-refractivity contribution in [3.63, 3.8) is 0 Å². The molecular weight excluding hydrogens is 178 g/mol. The Morgan fingerprint density at radius 3 is 2.08 bits per heavy atom. The van der Waals surface area contributed by atoms with E-state index in [0.717, 1.165) is 0 Å². The fourth-order valence-electron chi connectivity index (χ4n) is 0.785. The second kappa shape index (κ2) is 4.20. The maximum atomic E-state index is 10.4. The van der Waals surface area contributed by atoms with Crippen LogP contribution < -0.4 is 6.15 Å². The monoisotopic (exact) mass is 189 g/mol. The lowest BCUT2D eigenvalue weighted by molar-refractivity contribution is 0.482. The summed E-state index contributed by atoms with van der Waals surface area (Å²) in [5, 5.41) is 0. The Bertz CT molecular complexity index is 320. The molecule has 0 atom stereocenters. The second-order valence-electron chi connectivity index (χ2n) is 2.21. The van der Waals surface area contributed by atoms with E-state index in [1.165, 1.54) is 0 Å². The summed E-state index contributed by atoms with van der Waals surface area (Å²) in [5.74, 6) is -0.312. The average Bonchev–Trinajstić information content (AvgIpc) is 1.85. The highest BCUT2D eigenvalue weighted by Gasteiger charge is 2.04. The van der Waals surface area contributed by atoms with Gasteiger partial charge in [-0.3, -0.25) is 4.55 Å². The molecule has 0 saturated carbocycles. The molecule has 0 amide bonds.